The second-order valence-corrected chi connectivity index (χ2v) is 15.0. The van der Waals surface area contributed by atoms with Crippen LogP contribution in [-0.4, -0.2) is 19.5 Å². The third-order valence-electron chi connectivity index (χ3n) is 9.85. The van der Waals surface area contributed by atoms with Gasteiger partial charge in [-0.1, -0.05) is 109 Å². The highest BCUT2D eigenvalue weighted by Crippen LogP contribution is 2.42. The minimum atomic E-state index is 0.645. The molecular weight excluding hydrogens is 661 g/mol. The molecular formula is C45H26N4S2. The Hall–Kier alpha value is -6.21. The van der Waals surface area contributed by atoms with Gasteiger partial charge in [-0.2, -0.15) is 0 Å². The lowest BCUT2D eigenvalue weighted by atomic mass is 10.1. The molecule has 7 aromatic carbocycles. The van der Waals surface area contributed by atoms with Gasteiger partial charge in [0.15, 0.2) is 17.5 Å². The average Bonchev–Trinajstić information content (AvgIpc) is 3.86. The lowest BCUT2D eigenvalue weighted by Gasteiger charge is -2.12. The van der Waals surface area contributed by atoms with E-state index in [2.05, 4.69) is 144 Å². The van der Waals surface area contributed by atoms with Crippen LogP contribution in [0.2, 0.25) is 0 Å². The first kappa shape index (κ1) is 28.6. The second kappa shape index (κ2) is 11.2. The highest BCUT2D eigenvalue weighted by molar-refractivity contribution is 7.26. The molecule has 0 saturated carbocycles. The first-order chi connectivity index (χ1) is 25.3. The van der Waals surface area contributed by atoms with Crippen LogP contribution < -0.4 is 0 Å². The Morgan fingerprint density at radius 2 is 1.00 bits per heavy atom. The van der Waals surface area contributed by atoms with Crippen molar-refractivity contribution in [3.63, 3.8) is 0 Å². The Bertz CT molecular complexity index is 3150. The van der Waals surface area contributed by atoms with Gasteiger partial charge in [-0.25, -0.2) is 15.0 Å². The molecule has 0 fully saturated rings. The monoisotopic (exact) mass is 686 g/mol. The van der Waals surface area contributed by atoms with Crippen molar-refractivity contribution in [2.45, 2.75) is 0 Å². The fourth-order valence-electron chi connectivity index (χ4n) is 7.51. The van der Waals surface area contributed by atoms with Crippen molar-refractivity contribution in [2.75, 3.05) is 0 Å². The van der Waals surface area contributed by atoms with E-state index in [4.69, 9.17) is 15.0 Å². The molecule has 0 radical (unpaired) electrons. The number of rotatable bonds is 4. The lowest BCUT2D eigenvalue weighted by molar-refractivity contribution is 1.07. The lowest BCUT2D eigenvalue weighted by Crippen LogP contribution is -2.01. The van der Waals surface area contributed by atoms with Crippen molar-refractivity contribution < 1.29 is 0 Å². The summed E-state index contributed by atoms with van der Waals surface area (Å²) in [7, 11) is 0. The van der Waals surface area contributed by atoms with Crippen LogP contribution in [0.3, 0.4) is 0 Å². The first-order valence-electron chi connectivity index (χ1n) is 16.9. The van der Waals surface area contributed by atoms with Crippen molar-refractivity contribution in [3.8, 4) is 39.9 Å². The first-order valence-corrected chi connectivity index (χ1v) is 18.6. The number of fused-ring (bicyclic) bond motifs is 9. The fraction of sp³-hybridized carbons (Fsp3) is 0. The Kier molecular flexibility index (Phi) is 6.26. The van der Waals surface area contributed by atoms with Crippen LogP contribution in [0.1, 0.15) is 0 Å². The molecule has 4 heterocycles. The molecule has 11 rings (SSSR count). The number of hydrogen-bond acceptors (Lipinski definition) is 5. The molecule has 0 spiro atoms. The maximum atomic E-state index is 5.21. The molecule has 4 nitrogen and oxygen atoms in total. The van der Waals surface area contributed by atoms with Crippen molar-refractivity contribution >= 4 is 84.8 Å². The standard InChI is InChI=1S/C45H26N4S2/c1-2-12-27(13-3-1)43-46-44(48-45(47-43)34-20-11-19-33-31-17-5-9-23-40(31)51-42(33)34)28-14-10-15-29(24-28)49-37-21-7-4-16-30(37)35-25-36-32-18-6-8-22-39(32)50-41(36)26-38(35)49/h1-26H. The summed E-state index contributed by atoms with van der Waals surface area (Å²) in [4.78, 5) is 15.4. The summed E-state index contributed by atoms with van der Waals surface area (Å²) < 4.78 is 7.42. The number of thiophene rings is 2. The molecule has 0 aliphatic heterocycles. The highest BCUT2D eigenvalue weighted by atomic mass is 32.1. The van der Waals surface area contributed by atoms with Gasteiger partial charge in [0.2, 0.25) is 0 Å². The third kappa shape index (κ3) is 4.47. The van der Waals surface area contributed by atoms with Gasteiger partial charge in [0.05, 0.1) is 11.0 Å². The molecule has 0 unspecified atom stereocenters. The molecule has 0 atom stereocenters. The van der Waals surface area contributed by atoms with E-state index in [0.29, 0.717) is 17.5 Å². The van der Waals surface area contributed by atoms with Crippen molar-refractivity contribution in [1.29, 1.82) is 0 Å². The van der Waals surface area contributed by atoms with Gasteiger partial charge in [0.25, 0.3) is 0 Å². The minimum Gasteiger partial charge on any atom is -0.309 e. The second-order valence-electron chi connectivity index (χ2n) is 12.8. The topological polar surface area (TPSA) is 43.6 Å². The van der Waals surface area contributed by atoms with Crippen LogP contribution in [0.15, 0.2) is 158 Å². The molecule has 4 aromatic heterocycles. The molecule has 51 heavy (non-hydrogen) atoms. The fourth-order valence-corrected chi connectivity index (χ4v) is 9.85. The van der Waals surface area contributed by atoms with Crippen LogP contribution >= 0.6 is 22.7 Å². The molecule has 0 aliphatic rings. The SMILES string of the molecule is c1ccc(-c2nc(-c3cccc(-n4c5ccccc5c5cc6c(cc54)sc4ccccc46)c3)nc(-c3cccc4c3sc3ccccc34)n2)cc1. The Balaban J connectivity index is 1.13. The Labute approximate surface area is 300 Å². The molecule has 0 amide bonds. The molecule has 0 aliphatic carbocycles. The summed E-state index contributed by atoms with van der Waals surface area (Å²) in [5, 5.41) is 7.57. The molecule has 0 N–H and O–H groups in total. The minimum absolute atomic E-state index is 0.645. The summed E-state index contributed by atoms with van der Waals surface area (Å²) in [6, 6.07) is 56.0. The summed E-state index contributed by atoms with van der Waals surface area (Å²) >= 11 is 3.64. The smallest absolute Gasteiger partial charge is 0.165 e. The normalized spacial score (nSPS) is 11.9. The predicted molar refractivity (Wildman–Crippen MR) is 216 cm³/mol. The number of benzene rings is 7. The largest absolute Gasteiger partial charge is 0.309 e. The molecule has 6 heteroatoms. The summed E-state index contributed by atoms with van der Waals surface area (Å²) in [5.74, 6) is 1.97. The number of hydrogen-bond donors (Lipinski definition) is 0. The van der Waals surface area contributed by atoms with Crippen molar-refractivity contribution in [2.24, 2.45) is 0 Å². The van der Waals surface area contributed by atoms with Crippen LogP contribution in [0.25, 0.3) is 102 Å². The predicted octanol–water partition coefficient (Wildman–Crippen LogP) is 12.7. The van der Waals surface area contributed by atoms with E-state index in [1.807, 2.05) is 29.5 Å². The van der Waals surface area contributed by atoms with Gasteiger partial charge in [0.1, 0.15) is 0 Å². The molecule has 0 saturated heterocycles. The van der Waals surface area contributed by atoms with Crippen LogP contribution in [0.4, 0.5) is 0 Å². The number of nitrogens with zero attached hydrogens (tertiary/aromatic N) is 4. The summed E-state index contributed by atoms with van der Waals surface area (Å²) in [6.07, 6.45) is 0. The molecule has 238 valence electrons. The highest BCUT2D eigenvalue weighted by Gasteiger charge is 2.19. The Morgan fingerprint density at radius 1 is 0.373 bits per heavy atom. The van der Waals surface area contributed by atoms with Gasteiger partial charge in [-0.3, -0.25) is 0 Å². The maximum absolute atomic E-state index is 5.21. The van der Waals surface area contributed by atoms with Gasteiger partial charge in [-0.15, -0.1) is 22.7 Å². The maximum Gasteiger partial charge on any atom is 0.165 e. The zero-order chi connectivity index (χ0) is 33.5. The van der Waals surface area contributed by atoms with E-state index in [1.165, 1.54) is 62.2 Å². The van der Waals surface area contributed by atoms with Gasteiger partial charge in [0, 0.05) is 73.5 Å². The quantitative estimate of drug-likeness (QED) is 0.185. The van der Waals surface area contributed by atoms with Gasteiger partial charge >= 0.3 is 0 Å². The summed E-state index contributed by atoms with van der Waals surface area (Å²) in [6.45, 7) is 0. The third-order valence-corrected chi connectivity index (χ3v) is 12.2. The zero-order valence-electron chi connectivity index (χ0n) is 27.1. The summed E-state index contributed by atoms with van der Waals surface area (Å²) in [5.41, 5.74) is 6.33. The van der Waals surface area contributed by atoms with Crippen LogP contribution in [0.5, 0.6) is 0 Å². The van der Waals surface area contributed by atoms with E-state index in [1.54, 1.807) is 11.3 Å². The van der Waals surface area contributed by atoms with E-state index in [9.17, 15) is 0 Å². The molecule has 0 bridgehead atoms. The van der Waals surface area contributed by atoms with Gasteiger partial charge in [-0.05, 0) is 48.5 Å². The van der Waals surface area contributed by atoms with E-state index >= 15 is 0 Å². The zero-order valence-corrected chi connectivity index (χ0v) is 28.7. The van der Waals surface area contributed by atoms with E-state index in [0.717, 1.165) is 22.4 Å². The van der Waals surface area contributed by atoms with Crippen molar-refractivity contribution in [3.05, 3.63) is 158 Å². The van der Waals surface area contributed by atoms with Crippen molar-refractivity contribution in [1.82, 2.24) is 19.5 Å². The van der Waals surface area contributed by atoms with Crippen LogP contribution in [0, 0.1) is 0 Å². The Morgan fingerprint density at radius 3 is 1.84 bits per heavy atom. The molecule has 11 aromatic rings. The average molecular weight is 687 g/mol. The number of aromatic nitrogens is 4. The van der Waals surface area contributed by atoms with E-state index < -0.39 is 0 Å². The van der Waals surface area contributed by atoms with E-state index in [-0.39, 0.29) is 0 Å². The van der Waals surface area contributed by atoms with Gasteiger partial charge < -0.3 is 4.57 Å². The number of para-hydroxylation sites is 1. The van der Waals surface area contributed by atoms with Crippen LogP contribution in [-0.2, 0) is 0 Å².